The van der Waals surface area contributed by atoms with Crippen molar-refractivity contribution in [3.63, 3.8) is 0 Å². The van der Waals surface area contributed by atoms with Crippen LogP contribution < -0.4 is 4.74 Å². The van der Waals surface area contributed by atoms with Crippen molar-refractivity contribution in [2.24, 2.45) is 0 Å². The highest BCUT2D eigenvalue weighted by Crippen LogP contribution is 2.16. The summed E-state index contributed by atoms with van der Waals surface area (Å²) >= 11 is 0. The summed E-state index contributed by atoms with van der Waals surface area (Å²) in [4.78, 5) is 0. The third kappa shape index (κ3) is 3.53. The summed E-state index contributed by atoms with van der Waals surface area (Å²) in [6, 6.07) is 7.89. The van der Waals surface area contributed by atoms with Gasteiger partial charge in [-0.05, 0) is 47.5 Å². The van der Waals surface area contributed by atoms with E-state index in [-0.39, 0.29) is 0 Å². The zero-order valence-electron chi connectivity index (χ0n) is 11.5. The van der Waals surface area contributed by atoms with Crippen LogP contribution in [0.3, 0.4) is 0 Å². The third-order valence-electron chi connectivity index (χ3n) is 2.86. The Hall–Kier alpha value is -1.91. The molecule has 1 aromatic heterocycles. The van der Waals surface area contributed by atoms with E-state index in [1.165, 1.54) is 0 Å². The van der Waals surface area contributed by atoms with Gasteiger partial charge in [0.15, 0.2) is 5.82 Å². The molecule has 0 radical (unpaired) electrons. The molecule has 19 heavy (non-hydrogen) atoms. The largest absolute Gasteiger partial charge is 0.494 e. The summed E-state index contributed by atoms with van der Waals surface area (Å²) in [5, 5.41) is 11.8. The van der Waals surface area contributed by atoms with Crippen LogP contribution in [0.15, 0.2) is 24.3 Å². The molecule has 0 N–H and O–H groups in total. The Labute approximate surface area is 113 Å². The molecule has 0 aliphatic heterocycles. The summed E-state index contributed by atoms with van der Waals surface area (Å²) < 4.78 is 7.41. The number of ether oxygens (including phenoxy) is 1. The zero-order chi connectivity index (χ0) is 13.5. The van der Waals surface area contributed by atoms with E-state index in [0.717, 1.165) is 49.6 Å². The first-order valence-corrected chi connectivity index (χ1v) is 6.85. The van der Waals surface area contributed by atoms with Gasteiger partial charge < -0.3 is 4.74 Å². The van der Waals surface area contributed by atoms with E-state index in [0.29, 0.717) is 0 Å². The number of unbranched alkanes of at least 4 members (excludes halogenated alkanes) is 1. The Bertz CT molecular complexity index is 492. The molecule has 0 saturated carbocycles. The van der Waals surface area contributed by atoms with E-state index in [1.807, 2.05) is 24.3 Å². The lowest BCUT2D eigenvalue weighted by Gasteiger charge is -2.07. The van der Waals surface area contributed by atoms with Crippen molar-refractivity contribution in [3.8, 4) is 11.4 Å². The van der Waals surface area contributed by atoms with Crippen LogP contribution in [-0.4, -0.2) is 26.8 Å². The van der Waals surface area contributed by atoms with Crippen molar-refractivity contribution in [2.45, 2.75) is 39.5 Å². The molecule has 1 aromatic carbocycles. The molecule has 0 unspecified atom stereocenters. The van der Waals surface area contributed by atoms with Gasteiger partial charge in [-0.1, -0.05) is 20.3 Å². The molecular formula is C14H20N4O. The number of benzene rings is 1. The maximum atomic E-state index is 5.64. The minimum absolute atomic E-state index is 0.766. The highest BCUT2D eigenvalue weighted by molar-refractivity contribution is 5.37. The van der Waals surface area contributed by atoms with Crippen LogP contribution in [0.25, 0.3) is 5.69 Å². The van der Waals surface area contributed by atoms with Gasteiger partial charge in [0, 0.05) is 6.42 Å². The second-order valence-corrected chi connectivity index (χ2v) is 4.45. The Morgan fingerprint density at radius 3 is 2.58 bits per heavy atom. The fourth-order valence-electron chi connectivity index (χ4n) is 1.80. The average Bonchev–Trinajstić information content (AvgIpc) is 2.89. The molecule has 2 aromatic rings. The van der Waals surface area contributed by atoms with Crippen LogP contribution in [0.5, 0.6) is 5.75 Å². The maximum absolute atomic E-state index is 5.64. The van der Waals surface area contributed by atoms with Crippen LogP contribution >= 0.6 is 0 Å². The molecule has 102 valence electrons. The molecule has 0 atom stereocenters. The molecule has 0 amide bonds. The summed E-state index contributed by atoms with van der Waals surface area (Å²) in [6.07, 6.45) is 4.12. The number of tetrazole rings is 1. The molecule has 0 saturated heterocycles. The molecular weight excluding hydrogens is 240 g/mol. The van der Waals surface area contributed by atoms with Crippen LogP contribution in [0.4, 0.5) is 0 Å². The molecule has 5 heteroatoms. The SMILES string of the molecule is CCCCOc1ccc(-n2nnnc2CCC)cc1. The topological polar surface area (TPSA) is 52.8 Å². The Morgan fingerprint density at radius 2 is 1.89 bits per heavy atom. The lowest BCUT2D eigenvalue weighted by atomic mass is 10.3. The minimum Gasteiger partial charge on any atom is -0.494 e. The van der Waals surface area contributed by atoms with E-state index in [1.54, 1.807) is 4.68 Å². The molecule has 5 nitrogen and oxygen atoms in total. The lowest BCUT2D eigenvalue weighted by Crippen LogP contribution is -2.03. The van der Waals surface area contributed by atoms with Gasteiger partial charge in [-0.25, -0.2) is 0 Å². The number of aryl methyl sites for hydroxylation is 1. The first-order chi connectivity index (χ1) is 9.35. The van der Waals surface area contributed by atoms with E-state index in [9.17, 15) is 0 Å². The first-order valence-electron chi connectivity index (χ1n) is 6.85. The maximum Gasteiger partial charge on any atom is 0.156 e. The predicted octanol–water partition coefficient (Wildman–Crippen LogP) is 2.79. The molecule has 0 fully saturated rings. The van der Waals surface area contributed by atoms with E-state index in [4.69, 9.17) is 4.74 Å². The Morgan fingerprint density at radius 1 is 1.11 bits per heavy atom. The second kappa shape index (κ2) is 6.87. The highest BCUT2D eigenvalue weighted by Gasteiger charge is 2.07. The third-order valence-corrected chi connectivity index (χ3v) is 2.86. The van der Waals surface area contributed by atoms with Crippen LogP contribution in [0.1, 0.15) is 38.9 Å². The molecule has 1 heterocycles. The minimum atomic E-state index is 0.766. The Kier molecular flexibility index (Phi) is 4.89. The monoisotopic (exact) mass is 260 g/mol. The van der Waals surface area contributed by atoms with Gasteiger partial charge in [-0.2, -0.15) is 4.68 Å². The molecule has 0 aliphatic rings. The standard InChI is InChI=1S/C14H20N4O/c1-3-5-11-19-13-9-7-12(8-10-13)18-14(6-4-2)15-16-17-18/h7-10H,3-6,11H2,1-2H3. The van der Waals surface area contributed by atoms with Crippen LogP contribution in [0.2, 0.25) is 0 Å². The number of rotatable bonds is 7. The number of hydrogen-bond donors (Lipinski definition) is 0. The van der Waals surface area contributed by atoms with Crippen molar-refractivity contribution >= 4 is 0 Å². The van der Waals surface area contributed by atoms with Gasteiger partial charge in [0.05, 0.1) is 12.3 Å². The first kappa shape index (κ1) is 13.5. The molecule has 2 rings (SSSR count). The molecule has 0 bridgehead atoms. The number of aromatic nitrogens is 4. The van der Waals surface area contributed by atoms with E-state index in [2.05, 4.69) is 29.4 Å². The van der Waals surface area contributed by atoms with Crippen LogP contribution in [0, 0.1) is 0 Å². The Balaban J connectivity index is 2.07. The number of nitrogens with zero attached hydrogens (tertiary/aromatic N) is 4. The highest BCUT2D eigenvalue weighted by atomic mass is 16.5. The van der Waals surface area contributed by atoms with Crippen molar-refractivity contribution < 1.29 is 4.74 Å². The van der Waals surface area contributed by atoms with Crippen molar-refractivity contribution in [2.75, 3.05) is 6.61 Å². The quantitative estimate of drug-likeness (QED) is 0.718. The predicted molar refractivity (Wildman–Crippen MR) is 73.6 cm³/mol. The lowest BCUT2D eigenvalue weighted by molar-refractivity contribution is 0.309. The fourth-order valence-corrected chi connectivity index (χ4v) is 1.80. The van der Waals surface area contributed by atoms with Gasteiger partial charge in [0.1, 0.15) is 5.75 Å². The molecule has 0 spiro atoms. The van der Waals surface area contributed by atoms with Gasteiger partial charge in [-0.3, -0.25) is 0 Å². The van der Waals surface area contributed by atoms with Crippen molar-refractivity contribution in [3.05, 3.63) is 30.1 Å². The van der Waals surface area contributed by atoms with Gasteiger partial charge in [0.2, 0.25) is 0 Å². The summed E-state index contributed by atoms with van der Waals surface area (Å²) in [5.41, 5.74) is 0.969. The van der Waals surface area contributed by atoms with Gasteiger partial charge in [-0.15, -0.1) is 5.10 Å². The summed E-state index contributed by atoms with van der Waals surface area (Å²) in [5.74, 6) is 1.78. The fraction of sp³-hybridized carbons (Fsp3) is 0.500. The second-order valence-electron chi connectivity index (χ2n) is 4.45. The van der Waals surface area contributed by atoms with Crippen molar-refractivity contribution in [1.82, 2.24) is 20.2 Å². The van der Waals surface area contributed by atoms with Gasteiger partial charge >= 0.3 is 0 Å². The van der Waals surface area contributed by atoms with Crippen molar-refractivity contribution in [1.29, 1.82) is 0 Å². The normalized spacial score (nSPS) is 10.6. The smallest absolute Gasteiger partial charge is 0.156 e. The summed E-state index contributed by atoms with van der Waals surface area (Å²) in [6.45, 7) is 5.03. The molecule has 0 aliphatic carbocycles. The van der Waals surface area contributed by atoms with Crippen LogP contribution in [-0.2, 0) is 6.42 Å². The van der Waals surface area contributed by atoms with E-state index >= 15 is 0 Å². The van der Waals surface area contributed by atoms with E-state index < -0.39 is 0 Å². The number of hydrogen-bond acceptors (Lipinski definition) is 4. The average molecular weight is 260 g/mol. The summed E-state index contributed by atoms with van der Waals surface area (Å²) in [7, 11) is 0. The zero-order valence-corrected chi connectivity index (χ0v) is 11.5. The van der Waals surface area contributed by atoms with Gasteiger partial charge in [0.25, 0.3) is 0 Å².